The molecule has 2 N–H and O–H groups in total. The van der Waals surface area contributed by atoms with Gasteiger partial charge in [0, 0.05) is 18.4 Å². The van der Waals surface area contributed by atoms with Gasteiger partial charge in [-0.25, -0.2) is 0 Å². The molecule has 6 nitrogen and oxygen atoms in total. The van der Waals surface area contributed by atoms with Crippen molar-refractivity contribution in [2.75, 3.05) is 37.0 Å². The summed E-state index contributed by atoms with van der Waals surface area (Å²) in [6.07, 6.45) is 0. The SMILES string of the molecule is CCOCCOc1cccc(NC(=O)CNc2ccccc2OCc2ccccc2)c1. The van der Waals surface area contributed by atoms with Crippen molar-refractivity contribution < 1.29 is 19.0 Å². The topological polar surface area (TPSA) is 68.8 Å². The summed E-state index contributed by atoms with van der Waals surface area (Å²) < 4.78 is 16.8. The van der Waals surface area contributed by atoms with E-state index in [4.69, 9.17) is 14.2 Å². The summed E-state index contributed by atoms with van der Waals surface area (Å²) in [6.45, 7) is 4.17. The number of para-hydroxylation sites is 2. The highest BCUT2D eigenvalue weighted by molar-refractivity contribution is 5.94. The van der Waals surface area contributed by atoms with Crippen molar-refractivity contribution >= 4 is 17.3 Å². The molecule has 3 rings (SSSR count). The van der Waals surface area contributed by atoms with E-state index >= 15 is 0 Å². The number of benzene rings is 3. The van der Waals surface area contributed by atoms with Crippen LogP contribution in [0.5, 0.6) is 11.5 Å². The van der Waals surface area contributed by atoms with Crippen LogP contribution in [0, 0.1) is 0 Å². The van der Waals surface area contributed by atoms with Crippen LogP contribution in [-0.2, 0) is 16.1 Å². The van der Waals surface area contributed by atoms with E-state index in [0.29, 0.717) is 43.6 Å². The molecule has 0 spiro atoms. The fourth-order valence-electron chi connectivity index (χ4n) is 2.88. The number of nitrogens with one attached hydrogen (secondary N) is 2. The molecule has 0 heterocycles. The summed E-state index contributed by atoms with van der Waals surface area (Å²) in [4.78, 5) is 12.4. The number of hydrogen-bond donors (Lipinski definition) is 2. The molecule has 3 aromatic rings. The van der Waals surface area contributed by atoms with Crippen LogP contribution < -0.4 is 20.1 Å². The molecule has 0 fully saturated rings. The first-order chi connectivity index (χ1) is 15.2. The second kappa shape index (κ2) is 12.2. The van der Waals surface area contributed by atoms with Crippen molar-refractivity contribution in [2.24, 2.45) is 0 Å². The molecule has 162 valence electrons. The van der Waals surface area contributed by atoms with E-state index in [9.17, 15) is 4.79 Å². The highest BCUT2D eigenvalue weighted by Gasteiger charge is 2.07. The standard InChI is InChI=1S/C25H28N2O4/c1-2-29-15-16-30-22-12-8-11-21(17-22)27-25(28)18-26-23-13-6-7-14-24(23)31-19-20-9-4-3-5-10-20/h3-14,17,26H,2,15-16,18-19H2,1H3,(H,27,28). The number of anilines is 2. The molecular weight excluding hydrogens is 392 g/mol. The molecule has 0 atom stereocenters. The van der Waals surface area contributed by atoms with Crippen LogP contribution in [-0.4, -0.2) is 32.3 Å². The van der Waals surface area contributed by atoms with Gasteiger partial charge in [-0.3, -0.25) is 4.79 Å². The molecule has 0 aliphatic carbocycles. The Bertz CT molecular complexity index is 947. The number of carbonyl (C=O) groups excluding carboxylic acids is 1. The number of rotatable bonds is 12. The second-order valence-electron chi connectivity index (χ2n) is 6.75. The maximum Gasteiger partial charge on any atom is 0.243 e. The molecule has 1 amide bonds. The third-order valence-corrected chi connectivity index (χ3v) is 4.38. The molecule has 0 aliphatic heterocycles. The second-order valence-corrected chi connectivity index (χ2v) is 6.75. The zero-order chi connectivity index (χ0) is 21.7. The van der Waals surface area contributed by atoms with Gasteiger partial charge in [0.1, 0.15) is 24.7 Å². The van der Waals surface area contributed by atoms with Gasteiger partial charge < -0.3 is 24.8 Å². The van der Waals surface area contributed by atoms with Crippen molar-refractivity contribution in [1.82, 2.24) is 0 Å². The minimum atomic E-state index is -0.163. The summed E-state index contributed by atoms with van der Waals surface area (Å²) in [5.41, 5.74) is 2.52. The number of ether oxygens (including phenoxy) is 3. The Hall–Kier alpha value is -3.51. The van der Waals surface area contributed by atoms with Crippen molar-refractivity contribution in [1.29, 1.82) is 0 Å². The first kappa shape index (κ1) is 22.2. The average Bonchev–Trinajstić information content (AvgIpc) is 2.81. The molecule has 0 bridgehead atoms. The zero-order valence-electron chi connectivity index (χ0n) is 17.7. The molecule has 31 heavy (non-hydrogen) atoms. The molecule has 0 aromatic heterocycles. The highest BCUT2D eigenvalue weighted by Crippen LogP contribution is 2.24. The van der Waals surface area contributed by atoms with Gasteiger partial charge in [-0.1, -0.05) is 48.5 Å². The largest absolute Gasteiger partial charge is 0.491 e. The molecule has 6 heteroatoms. The number of carbonyl (C=O) groups is 1. The smallest absolute Gasteiger partial charge is 0.243 e. The highest BCUT2D eigenvalue weighted by atomic mass is 16.5. The van der Waals surface area contributed by atoms with E-state index < -0.39 is 0 Å². The van der Waals surface area contributed by atoms with Crippen LogP contribution in [0.4, 0.5) is 11.4 Å². The Labute approximate surface area is 183 Å². The lowest BCUT2D eigenvalue weighted by atomic mass is 10.2. The van der Waals surface area contributed by atoms with Gasteiger partial charge >= 0.3 is 0 Å². The van der Waals surface area contributed by atoms with Crippen LogP contribution in [0.1, 0.15) is 12.5 Å². The van der Waals surface area contributed by atoms with E-state index in [-0.39, 0.29) is 12.5 Å². The van der Waals surface area contributed by atoms with Crippen LogP contribution >= 0.6 is 0 Å². The van der Waals surface area contributed by atoms with Crippen LogP contribution in [0.25, 0.3) is 0 Å². The fourth-order valence-corrected chi connectivity index (χ4v) is 2.88. The summed E-state index contributed by atoms with van der Waals surface area (Å²) in [6, 6.07) is 24.8. The summed E-state index contributed by atoms with van der Waals surface area (Å²) in [5.74, 6) is 1.22. The van der Waals surface area contributed by atoms with Crippen LogP contribution in [0.15, 0.2) is 78.9 Å². The van der Waals surface area contributed by atoms with Gasteiger partial charge in [0.2, 0.25) is 5.91 Å². The minimum absolute atomic E-state index is 0.112. The Morgan fingerprint density at radius 1 is 0.871 bits per heavy atom. The number of amides is 1. The fraction of sp³-hybridized carbons (Fsp3) is 0.240. The lowest BCUT2D eigenvalue weighted by Crippen LogP contribution is -2.22. The van der Waals surface area contributed by atoms with E-state index in [0.717, 1.165) is 11.3 Å². The van der Waals surface area contributed by atoms with Gasteiger partial charge in [-0.15, -0.1) is 0 Å². The Balaban J connectivity index is 1.50. The molecular formula is C25H28N2O4. The molecule has 0 saturated carbocycles. The number of hydrogen-bond acceptors (Lipinski definition) is 5. The summed E-state index contributed by atoms with van der Waals surface area (Å²) >= 11 is 0. The van der Waals surface area contributed by atoms with E-state index in [2.05, 4.69) is 10.6 Å². The van der Waals surface area contributed by atoms with Crippen molar-refractivity contribution in [2.45, 2.75) is 13.5 Å². The predicted molar refractivity (Wildman–Crippen MR) is 123 cm³/mol. The van der Waals surface area contributed by atoms with Gasteiger partial charge in [0.05, 0.1) is 18.8 Å². The van der Waals surface area contributed by atoms with E-state index in [1.807, 2.05) is 79.7 Å². The third-order valence-electron chi connectivity index (χ3n) is 4.38. The maximum absolute atomic E-state index is 12.4. The predicted octanol–water partition coefficient (Wildman–Crippen LogP) is 4.73. The third kappa shape index (κ3) is 7.68. The molecule has 0 saturated heterocycles. The van der Waals surface area contributed by atoms with Crippen molar-refractivity contribution in [3.8, 4) is 11.5 Å². The summed E-state index contributed by atoms with van der Waals surface area (Å²) in [5, 5.41) is 6.03. The Morgan fingerprint density at radius 3 is 2.52 bits per heavy atom. The van der Waals surface area contributed by atoms with Crippen LogP contribution in [0.3, 0.4) is 0 Å². The van der Waals surface area contributed by atoms with Gasteiger partial charge in [-0.05, 0) is 36.8 Å². The van der Waals surface area contributed by atoms with Crippen LogP contribution in [0.2, 0.25) is 0 Å². The lowest BCUT2D eigenvalue weighted by Gasteiger charge is -2.14. The first-order valence-corrected chi connectivity index (χ1v) is 10.3. The zero-order valence-corrected chi connectivity index (χ0v) is 17.7. The quantitative estimate of drug-likeness (QED) is 0.415. The summed E-state index contributed by atoms with van der Waals surface area (Å²) in [7, 11) is 0. The Morgan fingerprint density at radius 2 is 1.68 bits per heavy atom. The molecule has 0 unspecified atom stereocenters. The van der Waals surface area contributed by atoms with Crippen molar-refractivity contribution in [3.63, 3.8) is 0 Å². The van der Waals surface area contributed by atoms with E-state index in [1.165, 1.54) is 0 Å². The van der Waals surface area contributed by atoms with Gasteiger partial charge in [0.15, 0.2) is 0 Å². The molecule has 3 aromatic carbocycles. The van der Waals surface area contributed by atoms with Gasteiger partial charge in [0.25, 0.3) is 0 Å². The maximum atomic E-state index is 12.4. The lowest BCUT2D eigenvalue weighted by molar-refractivity contribution is -0.114. The van der Waals surface area contributed by atoms with E-state index in [1.54, 1.807) is 6.07 Å². The van der Waals surface area contributed by atoms with Gasteiger partial charge in [-0.2, -0.15) is 0 Å². The normalized spacial score (nSPS) is 10.4. The monoisotopic (exact) mass is 420 g/mol. The minimum Gasteiger partial charge on any atom is -0.491 e. The first-order valence-electron chi connectivity index (χ1n) is 10.3. The Kier molecular flexibility index (Phi) is 8.76. The van der Waals surface area contributed by atoms with Crippen molar-refractivity contribution in [3.05, 3.63) is 84.4 Å². The average molecular weight is 421 g/mol. The molecule has 0 aliphatic rings. The molecule has 0 radical (unpaired) electrons.